The van der Waals surface area contributed by atoms with Crippen molar-refractivity contribution in [1.82, 2.24) is 9.38 Å². The van der Waals surface area contributed by atoms with Gasteiger partial charge in [-0.25, -0.2) is 4.98 Å². The van der Waals surface area contributed by atoms with Gasteiger partial charge in [-0.05, 0) is 25.0 Å². The lowest BCUT2D eigenvalue weighted by atomic mass is 9.80. The molecule has 2 aromatic heterocycles. The van der Waals surface area contributed by atoms with Gasteiger partial charge >= 0.3 is 0 Å². The third-order valence-electron chi connectivity index (χ3n) is 3.22. The molecule has 1 fully saturated rings. The summed E-state index contributed by atoms with van der Waals surface area (Å²) in [5.41, 5.74) is 7.19. The maximum Gasteiger partial charge on any atom is 0.166 e. The Labute approximate surface area is 93.3 Å². The highest BCUT2D eigenvalue weighted by atomic mass is 15.0. The van der Waals surface area contributed by atoms with Crippen LogP contribution in [-0.4, -0.2) is 15.4 Å². The van der Waals surface area contributed by atoms with Crippen LogP contribution in [0.4, 0.5) is 0 Å². The van der Waals surface area contributed by atoms with Gasteiger partial charge in [-0.15, -0.1) is 0 Å². The summed E-state index contributed by atoms with van der Waals surface area (Å²) in [5, 5.41) is 9.02. The minimum atomic E-state index is 0.298. The summed E-state index contributed by atoms with van der Waals surface area (Å²) in [4.78, 5) is 4.41. The molecule has 0 radical (unpaired) electrons. The number of nitrogens with zero attached hydrogens (tertiary/aromatic N) is 3. The molecule has 0 spiro atoms. The van der Waals surface area contributed by atoms with Gasteiger partial charge in [0.05, 0.1) is 5.52 Å². The van der Waals surface area contributed by atoms with Gasteiger partial charge in [-0.1, -0.05) is 6.07 Å². The first kappa shape index (κ1) is 9.37. The van der Waals surface area contributed by atoms with E-state index in [0.717, 1.165) is 24.2 Å². The van der Waals surface area contributed by atoms with E-state index in [1.807, 2.05) is 28.8 Å². The molecule has 2 heterocycles. The fourth-order valence-corrected chi connectivity index (χ4v) is 2.30. The van der Waals surface area contributed by atoms with Crippen LogP contribution in [0.15, 0.2) is 24.4 Å². The van der Waals surface area contributed by atoms with E-state index in [4.69, 9.17) is 11.0 Å². The van der Waals surface area contributed by atoms with E-state index >= 15 is 0 Å². The first-order chi connectivity index (χ1) is 7.79. The van der Waals surface area contributed by atoms with Crippen molar-refractivity contribution in [3.63, 3.8) is 0 Å². The van der Waals surface area contributed by atoms with E-state index in [1.54, 1.807) is 0 Å². The molecule has 0 atom stereocenters. The number of imidazole rings is 1. The second-order valence-corrected chi connectivity index (χ2v) is 4.31. The maximum atomic E-state index is 9.02. The molecule has 0 bridgehead atoms. The van der Waals surface area contributed by atoms with E-state index in [0.29, 0.717) is 17.7 Å². The monoisotopic (exact) mass is 212 g/mol. The van der Waals surface area contributed by atoms with Gasteiger partial charge in [0.15, 0.2) is 5.69 Å². The maximum absolute atomic E-state index is 9.02. The summed E-state index contributed by atoms with van der Waals surface area (Å²) in [6.45, 7) is 0. The highest BCUT2D eigenvalue weighted by Crippen LogP contribution is 2.35. The molecule has 4 heteroatoms. The number of hydrogen-bond acceptors (Lipinski definition) is 3. The van der Waals surface area contributed by atoms with Crippen LogP contribution < -0.4 is 5.73 Å². The first-order valence-electron chi connectivity index (χ1n) is 5.42. The van der Waals surface area contributed by atoms with E-state index in [-0.39, 0.29) is 0 Å². The van der Waals surface area contributed by atoms with E-state index < -0.39 is 0 Å². The zero-order valence-electron chi connectivity index (χ0n) is 8.80. The number of aromatic nitrogens is 2. The third kappa shape index (κ3) is 1.22. The standard InChI is InChI=1S/C12H12N4/c13-7-10-11-3-1-2-4-16(11)12(15-10)8-5-9(14)6-8/h1-4,8-9H,5-6,14H2. The summed E-state index contributed by atoms with van der Waals surface area (Å²) in [6.07, 6.45) is 3.90. The molecule has 2 aromatic rings. The Kier molecular flexibility index (Phi) is 1.95. The van der Waals surface area contributed by atoms with Crippen molar-refractivity contribution in [3.05, 3.63) is 35.9 Å². The molecule has 0 saturated heterocycles. The predicted molar refractivity (Wildman–Crippen MR) is 59.9 cm³/mol. The van der Waals surface area contributed by atoms with Crippen molar-refractivity contribution < 1.29 is 0 Å². The number of hydrogen-bond donors (Lipinski definition) is 1. The number of rotatable bonds is 1. The van der Waals surface area contributed by atoms with Gasteiger partial charge < -0.3 is 10.1 Å². The van der Waals surface area contributed by atoms with Crippen molar-refractivity contribution in [2.45, 2.75) is 24.8 Å². The predicted octanol–water partition coefficient (Wildman–Crippen LogP) is 1.41. The minimum Gasteiger partial charge on any atom is -0.328 e. The molecule has 2 N–H and O–H groups in total. The van der Waals surface area contributed by atoms with Gasteiger partial charge in [-0.3, -0.25) is 0 Å². The molecule has 80 valence electrons. The minimum absolute atomic E-state index is 0.298. The van der Waals surface area contributed by atoms with Crippen LogP contribution in [0.5, 0.6) is 0 Å². The summed E-state index contributed by atoms with van der Waals surface area (Å²) < 4.78 is 2.01. The molecular weight excluding hydrogens is 200 g/mol. The first-order valence-corrected chi connectivity index (χ1v) is 5.42. The molecule has 3 rings (SSSR count). The summed E-state index contributed by atoms with van der Waals surface area (Å²) in [7, 11) is 0. The molecule has 1 aliphatic rings. The van der Waals surface area contributed by atoms with Crippen molar-refractivity contribution in [3.8, 4) is 6.07 Å². The average molecular weight is 212 g/mol. The van der Waals surface area contributed by atoms with Gasteiger partial charge in [0, 0.05) is 18.2 Å². The SMILES string of the molecule is N#Cc1nc(C2CC(N)C2)n2ccccc12. The van der Waals surface area contributed by atoms with Crippen LogP contribution in [0.3, 0.4) is 0 Å². The summed E-state index contributed by atoms with van der Waals surface area (Å²) in [5.74, 6) is 1.39. The third-order valence-corrected chi connectivity index (χ3v) is 3.22. The van der Waals surface area contributed by atoms with Crippen molar-refractivity contribution in [2.24, 2.45) is 5.73 Å². The Bertz CT molecular complexity index is 572. The van der Waals surface area contributed by atoms with Gasteiger partial charge in [0.25, 0.3) is 0 Å². The Hall–Kier alpha value is -1.86. The van der Waals surface area contributed by atoms with Crippen LogP contribution >= 0.6 is 0 Å². The number of nitriles is 1. The van der Waals surface area contributed by atoms with Crippen molar-refractivity contribution in [1.29, 1.82) is 5.26 Å². The molecule has 0 amide bonds. The lowest BCUT2D eigenvalue weighted by molar-refractivity contribution is 0.337. The molecule has 16 heavy (non-hydrogen) atoms. The van der Waals surface area contributed by atoms with Gasteiger partial charge in [0.2, 0.25) is 0 Å². The zero-order valence-corrected chi connectivity index (χ0v) is 8.80. The Morgan fingerprint density at radius 3 is 2.94 bits per heavy atom. The van der Waals surface area contributed by atoms with E-state index in [9.17, 15) is 0 Å². The average Bonchev–Trinajstić information content (AvgIpc) is 2.63. The quantitative estimate of drug-likeness (QED) is 0.777. The van der Waals surface area contributed by atoms with Gasteiger partial charge in [0.1, 0.15) is 11.9 Å². The van der Waals surface area contributed by atoms with Crippen LogP contribution in [0.2, 0.25) is 0 Å². The highest BCUT2D eigenvalue weighted by Gasteiger charge is 2.31. The van der Waals surface area contributed by atoms with E-state index in [1.165, 1.54) is 0 Å². The molecule has 1 aliphatic carbocycles. The normalized spacial score (nSPS) is 24.0. The molecule has 0 aliphatic heterocycles. The number of pyridine rings is 1. The lowest BCUT2D eigenvalue weighted by Crippen LogP contribution is -2.35. The second-order valence-electron chi connectivity index (χ2n) is 4.31. The molecule has 4 nitrogen and oxygen atoms in total. The van der Waals surface area contributed by atoms with Crippen LogP contribution in [0.1, 0.15) is 30.3 Å². The van der Waals surface area contributed by atoms with E-state index in [2.05, 4.69) is 11.1 Å². The van der Waals surface area contributed by atoms with Gasteiger partial charge in [-0.2, -0.15) is 5.26 Å². The smallest absolute Gasteiger partial charge is 0.166 e. The molecule has 0 aromatic carbocycles. The topological polar surface area (TPSA) is 67.1 Å². The van der Waals surface area contributed by atoms with Crippen LogP contribution in [0.25, 0.3) is 5.52 Å². The van der Waals surface area contributed by atoms with Crippen LogP contribution in [0, 0.1) is 11.3 Å². The number of nitrogens with two attached hydrogens (primary N) is 1. The largest absolute Gasteiger partial charge is 0.328 e. The Balaban J connectivity index is 2.15. The molecular formula is C12H12N4. The Morgan fingerprint density at radius 1 is 1.44 bits per heavy atom. The lowest BCUT2D eigenvalue weighted by Gasteiger charge is -2.31. The zero-order chi connectivity index (χ0) is 11.1. The van der Waals surface area contributed by atoms with Crippen LogP contribution in [-0.2, 0) is 0 Å². The fourth-order valence-electron chi connectivity index (χ4n) is 2.30. The summed E-state index contributed by atoms with van der Waals surface area (Å²) in [6, 6.07) is 8.24. The second kappa shape index (κ2) is 3.32. The summed E-state index contributed by atoms with van der Waals surface area (Å²) >= 11 is 0. The number of fused-ring (bicyclic) bond motifs is 1. The van der Waals surface area contributed by atoms with Crippen molar-refractivity contribution >= 4 is 5.52 Å². The Morgan fingerprint density at radius 2 is 2.25 bits per heavy atom. The highest BCUT2D eigenvalue weighted by molar-refractivity contribution is 5.58. The molecule has 1 saturated carbocycles. The van der Waals surface area contributed by atoms with Crippen molar-refractivity contribution in [2.75, 3.05) is 0 Å². The molecule has 0 unspecified atom stereocenters. The fraction of sp³-hybridized carbons (Fsp3) is 0.333.